The average Bonchev–Trinajstić information content (AvgIpc) is 2.97. The Labute approximate surface area is 133 Å². The standard InChI is InChI=1S/C16H20N2OS2/c1-11(2)16(14-8-5-9-20-14)18-15(19)10-21-13-7-4-3-6-12(13)17/h3-9,11,16H,10,17H2,1-2H3,(H,18,19). The molecule has 1 unspecified atom stereocenters. The molecule has 0 saturated carbocycles. The van der Waals surface area contributed by atoms with Gasteiger partial charge < -0.3 is 11.1 Å². The van der Waals surface area contributed by atoms with Gasteiger partial charge in [-0.2, -0.15) is 0 Å². The van der Waals surface area contributed by atoms with E-state index in [1.165, 1.54) is 16.6 Å². The Hall–Kier alpha value is -1.46. The number of carbonyl (C=O) groups is 1. The van der Waals surface area contributed by atoms with E-state index in [9.17, 15) is 4.79 Å². The van der Waals surface area contributed by atoms with Crippen LogP contribution in [0.2, 0.25) is 0 Å². The van der Waals surface area contributed by atoms with Crippen molar-refractivity contribution in [3.05, 3.63) is 46.7 Å². The molecule has 3 nitrogen and oxygen atoms in total. The SMILES string of the molecule is CC(C)C(NC(=O)CSc1ccccc1N)c1cccs1. The molecule has 1 heterocycles. The minimum atomic E-state index is 0.0374. The number of hydrogen-bond donors (Lipinski definition) is 2. The van der Waals surface area contributed by atoms with Crippen LogP contribution in [-0.4, -0.2) is 11.7 Å². The van der Waals surface area contributed by atoms with E-state index < -0.39 is 0 Å². The molecule has 0 fully saturated rings. The van der Waals surface area contributed by atoms with Gasteiger partial charge in [-0.05, 0) is 29.5 Å². The highest BCUT2D eigenvalue weighted by Gasteiger charge is 2.19. The van der Waals surface area contributed by atoms with Gasteiger partial charge in [-0.25, -0.2) is 0 Å². The van der Waals surface area contributed by atoms with Crippen LogP contribution in [0.5, 0.6) is 0 Å². The third kappa shape index (κ3) is 4.51. The van der Waals surface area contributed by atoms with Gasteiger partial charge in [0.2, 0.25) is 5.91 Å². The number of nitrogens with two attached hydrogens (primary N) is 1. The molecule has 0 radical (unpaired) electrons. The van der Waals surface area contributed by atoms with Crippen molar-refractivity contribution in [3.63, 3.8) is 0 Å². The second kappa shape index (κ2) is 7.52. The maximum atomic E-state index is 12.2. The van der Waals surface area contributed by atoms with Gasteiger partial charge >= 0.3 is 0 Å². The molecule has 0 aliphatic carbocycles. The van der Waals surface area contributed by atoms with Crippen molar-refractivity contribution in [2.24, 2.45) is 5.92 Å². The van der Waals surface area contributed by atoms with Crippen LogP contribution < -0.4 is 11.1 Å². The second-order valence-corrected chi connectivity index (χ2v) is 7.13. The zero-order chi connectivity index (χ0) is 15.2. The van der Waals surface area contributed by atoms with Crippen molar-refractivity contribution < 1.29 is 4.79 Å². The fourth-order valence-electron chi connectivity index (χ4n) is 2.00. The number of carbonyl (C=O) groups excluding carboxylic acids is 1. The first-order chi connectivity index (χ1) is 10.1. The maximum Gasteiger partial charge on any atom is 0.230 e. The number of amides is 1. The van der Waals surface area contributed by atoms with E-state index in [-0.39, 0.29) is 11.9 Å². The Bertz CT molecular complexity index is 582. The quantitative estimate of drug-likeness (QED) is 0.626. The summed E-state index contributed by atoms with van der Waals surface area (Å²) < 4.78 is 0. The first-order valence-electron chi connectivity index (χ1n) is 6.88. The molecule has 5 heteroatoms. The zero-order valence-corrected chi connectivity index (χ0v) is 13.8. The molecule has 3 N–H and O–H groups in total. The number of nitrogens with one attached hydrogen (secondary N) is 1. The molecule has 112 valence electrons. The highest BCUT2D eigenvalue weighted by Crippen LogP contribution is 2.27. The smallest absolute Gasteiger partial charge is 0.230 e. The van der Waals surface area contributed by atoms with Crippen molar-refractivity contribution in [1.82, 2.24) is 5.32 Å². The summed E-state index contributed by atoms with van der Waals surface area (Å²) in [6.07, 6.45) is 0. The number of anilines is 1. The summed E-state index contributed by atoms with van der Waals surface area (Å²) in [6, 6.07) is 11.8. The lowest BCUT2D eigenvalue weighted by Gasteiger charge is -2.21. The van der Waals surface area contributed by atoms with Gasteiger partial charge in [0.25, 0.3) is 0 Å². The summed E-state index contributed by atoms with van der Waals surface area (Å²) in [5.74, 6) is 0.776. The Morgan fingerprint density at radius 1 is 1.29 bits per heavy atom. The molecule has 0 spiro atoms. The number of rotatable bonds is 6. The van der Waals surface area contributed by atoms with Crippen LogP contribution in [0.15, 0.2) is 46.7 Å². The van der Waals surface area contributed by atoms with Crippen molar-refractivity contribution in [3.8, 4) is 0 Å². The van der Waals surface area contributed by atoms with Gasteiger partial charge in [0.15, 0.2) is 0 Å². The summed E-state index contributed by atoms with van der Waals surface area (Å²) in [7, 11) is 0. The number of thioether (sulfide) groups is 1. The molecule has 2 aromatic rings. The van der Waals surface area contributed by atoms with Crippen molar-refractivity contribution in [2.45, 2.75) is 24.8 Å². The van der Waals surface area contributed by atoms with E-state index in [0.717, 1.165) is 4.90 Å². The zero-order valence-electron chi connectivity index (χ0n) is 12.2. The summed E-state index contributed by atoms with van der Waals surface area (Å²) in [4.78, 5) is 14.3. The monoisotopic (exact) mass is 320 g/mol. The fourth-order valence-corrected chi connectivity index (χ4v) is 3.73. The van der Waals surface area contributed by atoms with E-state index in [4.69, 9.17) is 5.73 Å². The van der Waals surface area contributed by atoms with Crippen LogP contribution in [0.4, 0.5) is 5.69 Å². The molecule has 21 heavy (non-hydrogen) atoms. The summed E-state index contributed by atoms with van der Waals surface area (Å²) >= 11 is 3.15. The molecular weight excluding hydrogens is 300 g/mol. The van der Waals surface area contributed by atoms with Crippen LogP contribution in [0.1, 0.15) is 24.8 Å². The Balaban J connectivity index is 1.93. The van der Waals surface area contributed by atoms with Crippen LogP contribution in [0.25, 0.3) is 0 Å². The molecule has 0 bridgehead atoms. The average molecular weight is 320 g/mol. The number of nitrogen functional groups attached to an aromatic ring is 1. The lowest BCUT2D eigenvalue weighted by molar-refractivity contribution is -0.119. The van der Waals surface area contributed by atoms with Gasteiger partial charge in [-0.15, -0.1) is 23.1 Å². The van der Waals surface area contributed by atoms with Gasteiger partial charge in [0.05, 0.1) is 11.8 Å². The number of thiophene rings is 1. The van der Waals surface area contributed by atoms with Crippen LogP contribution >= 0.6 is 23.1 Å². The maximum absolute atomic E-state index is 12.2. The normalized spacial score (nSPS) is 12.3. The Morgan fingerprint density at radius 2 is 2.05 bits per heavy atom. The van der Waals surface area contributed by atoms with Crippen molar-refractivity contribution in [1.29, 1.82) is 0 Å². The van der Waals surface area contributed by atoms with Crippen LogP contribution in [-0.2, 0) is 4.79 Å². The topological polar surface area (TPSA) is 55.1 Å². The minimum Gasteiger partial charge on any atom is -0.398 e. The predicted octanol–water partition coefficient (Wildman–Crippen LogP) is 3.94. The molecule has 2 rings (SSSR count). The lowest BCUT2D eigenvalue weighted by Crippen LogP contribution is -2.32. The third-order valence-electron chi connectivity index (χ3n) is 3.11. The molecule has 1 aromatic heterocycles. The summed E-state index contributed by atoms with van der Waals surface area (Å²) in [5.41, 5.74) is 6.60. The lowest BCUT2D eigenvalue weighted by atomic mass is 10.0. The van der Waals surface area contributed by atoms with E-state index in [0.29, 0.717) is 17.4 Å². The third-order valence-corrected chi connectivity index (χ3v) is 5.16. The van der Waals surface area contributed by atoms with Gasteiger partial charge in [0.1, 0.15) is 0 Å². The van der Waals surface area contributed by atoms with E-state index >= 15 is 0 Å². The van der Waals surface area contributed by atoms with Crippen LogP contribution in [0.3, 0.4) is 0 Å². The number of benzene rings is 1. The summed E-state index contributed by atoms with van der Waals surface area (Å²) in [6.45, 7) is 4.24. The molecule has 1 atom stereocenters. The molecule has 0 saturated heterocycles. The first-order valence-corrected chi connectivity index (χ1v) is 8.74. The van der Waals surface area contributed by atoms with E-state index in [2.05, 4.69) is 25.2 Å². The van der Waals surface area contributed by atoms with E-state index in [1.54, 1.807) is 11.3 Å². The van der Waals surface area contributed by atoms with Crippen LogP contribution in [0, 0.1) is 5.92 Å². The highest BCUT2D eigenvalue weighted by molar-refractivity contribution is 8.00. The molecular formula is C16H20N2OS2. The molecule has 1 aromatic carbocycles. The largest absolute Gasteiger partial charge is 0.398 e. The van der Waals surface area contributed by atoms with Crippen molar-refractivity contribution in [2.75, 3.05) is 11.5 Å². The van der Waals surface area contributed by atoms with E-state index in [1.807, 2.05) is 35.7 Å². The van der Waals surface area contributed by atoms with Crippen molar-refractivity contribution >= 4 is 34.7 Å². The molecule has 0 aliphatic rings. The van der Waals surface area contributed by atoms with Gasteiger partial charge in [-0.1, -0.05) is 32.0 Å². The number of para-hydroxylation sites is 1. The second-order valence-electron chi connectivity index (χ2n) is 5.13. The number of hydrogen-bond acceptors (Lipinski definition) is 4. The van der Waals surface area contributed by atoms with Gasteiger partial charge in [0, 0.05) is 15.5 Å². The first kappa shape index (κ1) is 15.9. The fraction of sp³-hybridized carbons (Fsp3) is 0.312. The summed E-state index contributed by atoms with van der Waals surface area (Å²) in [5, 5.41) is 5.16. The Kier molecular flexibility index (Phi) is 5.70. The Morgan fingerprint density at radius 3 is 2.67 bits per heavy atom. The highest BCUT2D eigenvalue weighted by atomic mass is 32.2. The molecule has 1 amide bonds. The minimum absolute atomic E-state index is 0.0374. The predicted molar refractivity (Wildman–Crippen MR) is 91.6 cm³/mol. The van der Waals surface area contributed by atoms with Gasteiger partial charge in [-0.3, -0.25) is 4.79 Å². The molecule has 0 aliphatic heterocycles.